The molecule has 0 aliphatic rings. The predicted molar refractivity (Wildman–Crippen MR) is 126 cm³/mol. The van der Waals surface area contributed by atoms with Crippen LogP contribution in [0.25, 0.3) is 11.3 Å². The Morgan fingerprint density at radius 2 is 1.81 bits per heavy atom. The number of benzene rings is 2. The lowest BCUT2D eigenvalue weighted by Crippen LogP contribution is -2.35. The fraction of sp³-hybridized carbons (Fsp3) is 0.346. The Morgan fingerprint density at radius 3 is 2.47 bits per heavy atom. The zero-order valence-corrected chi connectivity index (χ0v) is 18.8. The van der Waals surface area contributed by atoms with Crippen molar-refractivity contribution in [2.24, 2.45) is 7.05 Å². The SMILES string of the molecule is C#CCOC[C@@H](O)CN(CCC)Cc1c(-c2ccccc2)nn(C)c1Oc1ccccc1. The fourth-order valence-corrected chi connectivity index (χ4v) is 3.63. The molecule has 1 atom stereocenters. The van der Waals surface area contributed by atoms with Gasteiger partial charge in [-0.05, 0) is 25.1 Å². The lowest BCUT2D eigenvalue weighted by molar-refractivity contribution is 0.0260. The Morgan fingerprint density at radius 1 is 1.12 bits per heavy atom. The van der Waals surface area contributed by atoms with Crippen LogP contribution in [0, 0.1) is 12.3 Å². The summed E-state index contributed by atoms with van der Waals surface area (Å²) in [5, 5.41) is 15.2. The molecule has 6 heteroatoms. The second kappa shape index (κ2) is 12.1. The van der Waals surface area contributed by atoms with Crippen molar-refractivity contribution >= 4 is 0 Å². The van der Waals surface area contributed by atoms with Crippen molar-refractivity contribution in [1.29, 1.82) is 0 Å². The Hall–Kier alpha value is -3.11. The van der Waals surface area contributed by atoms with Crippen molar-refractivity contribution in [3.05, 3.63) is 66.2 Å². The number of aliphatic hydroxyl groups is 1. The monoisotopic (exact) mass is 433 g/mol. The Kier molecular flexibility index (Phi) is 8.88. The molecular formula is C26H31N3O3. The average Bonchev–Trinajstić information content (AvgIpc) is 3.10. The number of ether oxygens (including phenoxy) is 2. The first kappa shape index (κ1) is 23.6. The van der Waals surface area contributed by atoms with E-state index in [9.17, 15) is 5.11 Å². The van der Waals surface area contributed by atoms with E-state index in [-0.39, 0.29) is 13.2 Å². The van der Waals surface area contributed by atoms with Crippen LogP contribution in [-0.2, 0) is 18.3 Å². The molecule has 1 aromatic heterocycles. The molecule has 0 aliphatic heterocycles. The molecule has 6 nitrogen and oxygen atoms in total. The van der Waals surface area contributed by atoms with Gasteiger partial charge in [-0.1, -0.05) is 61.4 Å². The fourth-order valence-electron chi connectivity index (χ4n) is 3.63. The molecule has 0 fully saturated rings. The Balaban J connectivity index is 1.91. The number of aryl methyl sites for hydroxylation is 1. The molecule has 0 saturated carbocycles. The lowest BCUT2D eigenvalue weighted by Gasteiger charge is -2.25. The first-order chi connectivity index (χ1) is 15.6. The van der Waals surface area contributed by atoms with Gasteiger partial charge in [0.25, 0.3) is 0 Å². The summed E-state index contributed by atoms with van der Waals surface area (Å²) in [6.07, 6.45) is 5.55. The minimum absolute atomic E-state index is 0.195. The van der Waals surface area contributed by atoms with E-state index < -0.39 is 6.10 Å². The van der Waals surface area contributed by atoms with E-state index >= 15 is 0 Å². The number of para-hydroxylation sites is 1. The van der Waals surface area contributed by atoms with Crippen molar-refractivity contribution in [3.8, 4) is 35.2 Å². The summed E-state index contributed by atoms with van der Waals surface area (Å²) >= 11 is 0. The molecule has 0 saturated heterocycles. The topological polar surface area (TPSA) is 59.8 Å². The second-order valence-corrected chi connectivity index (χ2v) is 7.65. The molecule has 0 spiro atoms. The normalized spacial score (nSPS) is 12.0. The van der Waals surface area contributed by atoms with Gasteiger partial charge in [-0.15, -0.1) is 6.42 Å². The summed E-state index contributed by atoms with van der Waals surface area (Å²) < 4.78 is 13.4. The third-order valence-electron chi connectivity index (χ3n) is 4.98. The summed E-state index contributed by atoms with van der Waals surface area (Å²) in [6.45, 7) is 4.39. The summed E-state index contributed by atoms with van der Waals surface area (Å²) in [5.41, 5.74) is 2.88. The van der Waals surface area contributed by atoms with Gasteiger partial charge in [0, 0.05) is 25.7 Å². The summed E-state index contributed by atoms with van der Waals surface area (Å²) in [7, 11) is 1.89. The van der Waals surface area contributed by atoms with Gasteiger partial charge >= 0.3 is 0 Å². The molecule has 0 bridgehead atoms. The number of hydrogen-bond donors (Lipinski definition) is 1. The highest BCUT2D eigenvalue weighted by molar-refractivity contribution is 5.65. The number of aromatic nitrogens is 2. The molecule has 1 N–H and O–H groups in total. The highest BCUT2D eigenvalue weighted by Crippen LogP contribution is 2.34. The van der Waals surface area contributed by atoms with Crippen LogP contribution in [-0.4, -0.2) is 52.2 Å². The summed E-state index contributed by atoms with van der Waals surface area (Å²) in [5.74, 6) is 3.87. The van der Waals surface area contributed by atoms with Crippen LogP contribution in [0.5, 0.6) is 11.6 Å². The molecule has 0 amide bonds. The van der Waals surface area contributed by atoms with Crippen molar-refractivity contribution < 1.29 is 14.6 Å². The zero-order valence-electron chi connectivity index (χ0n) is 18.8. The van der Waals surface area contributed by atoms with E-state index in [1.165, 1.54) is 0 Å². The van der Waals surface area contributed by atoms with Gasteiger partial charge in [-0.3, -0.25) is 4.90 Å². The molecule has 0 unspecified atom stereocenters. The second-order valence-electron chi connectivity index (χ2n) is 7.65. The highest BCUT2D eigenvalue weighted by Gasteiger charge is 2.23. The third-order valence-corrected chi connectivity index (χ3v) is 4.98. The molecule has 32 heavy (non-hydrogen) atoms. The van der Waals surface area contributed by atoms with Crippen molar-refractivity contribution in [2.75, 3.05) is 26.3 Å². The van der Waals surface area contributed by atoms with Crippen molar-refractivity contribution in [2.45, 2.75) is 26.0 Å². The van der Waals surface area contributed by atoms with E-state index in [0.29, 0.717) is 19.0 Å². The van der Waals surface area contributed by atoms with E-state index in [1.807, 2.05) is 67.7 Å². The summed E-state index contributed by atoms with van der Waals surface area (Å²) in [4.78, 5) is 2.20. The highest BCUT2D eigenvalue weighted by atomic mass is 16.5. The van der Waals surface area contributed by atoms with Gasteiger partial charge in [0.15, 0.2) is 0 Å². The van der Waals surface area contributed by atoms with Crippen LogP contribution in [0.15, 0.2) is 60.7 Å². The molecule has 0 aliphatic carbocycles. The van der Waals surface area contributed by atoms with Crippen LogP contribution in [0.3, 0.4) is 0 Å². The van der Waals surface area contributed by atoms with Gasteiger partial charge in [0.1, 0.15) is 18.1 Å². The summed E-state index contributed by atoms with van der Waals surface area (Å²) in [6, 6.07) is 19.8. The van der Waals surface area contributed by atoms with Crippen LogP contribution in [0.4, 0.5) is 0 Å². The first-order valence-electron chi connectivity index (χ1n) is 10.9. The molecule has 0 radical (unpaired) electrons. The maximum atomic E-state index is 10.5. The van der Waals surface area contributed by atoms with Gasteiger partial charge in [0.2, 0.25) is 5.88 Å². The van der Waals surface area contributed by atoms with E-state index in [4.69, 9.17) is 21.0 Å². The number of hydrogen-bond acceptors (Lipinski definition) is 5. The minimum atomic E-state index is -0.634. The van der Waals surface area contributed by atoms with Crippen LogP contribution in [0.2, 0.25) is 0 Å². The number of nitrogens with zero attached hydrogens (tertiary/aromatic N) is 3. The predicted octanol–water partition coefficient (Wildman–Crippen LogP) is 4.10. The first-order valence-corrected chi connectivity index (χ1v) is 10.9. The molecule has 3 aromatic rings. The molecular weight excluding hydrogens is 402 g/mol. The van der Waals surface area contributed by atoms with Crippen molar-refractivity contribution in [1.82, 2.24) is 14.7 Å². The standard InChI is InChI=1S/C26H31N3O3/c1-4-16-29(18-22(30)20-31-17-5-2)19-24-25(21-12-8-6-9-13-21)27-28(3)26(24)32-23-14-10-7-11-15-23/h2,6-15,22,30H,4,16-20H2,1,3H3/t22-/m0/s1. The van der Waals surface area contributed by atoms with E-state index in [1.54, 1.807) is 4.68 Å². The maximum Gasteiger partial charge on any atom is 0.222 e. The van der Waals surface area contributed by atoms with Crippen molar-refractivity contribution in [3.63, 3.8) is 0 Å². The minimum Gasteiger partial charge on any atom is -0.439 e. The van der Waals surface area contributed by atoms with Gasteiger partial charge in [-0.25, -0.2) is 4.68 Å². The number of rotatable bonds is 12. The van der Waals surface area contributed by atoms with Gasteiger partial charge in [-0.2, -0.15) is 5.10 Å². The molecule has 1 heterocycles. The largest absolute Gasteiger partial charge is 0.439 e. The number of terminal acetylenes is 1. The Labute approximate surface area is 190 Å². The Bertz CT molecular complexity index is 996. The van der Waals surface area contributed by atoms with E-state index in [2.05, 4.69) is 17.7 Å². The lowest BCUT2D eigenvalue weighted by atomic mass is 10.1. The smallest absolute Gasteiger partial charge is 0.222 e. The maximum absolute atomic E-state index is 10.5. The molecule has 3 rings (SSSR count). The van der Waals surface area contributed by atoms with Gasteiger partial charge in [0.05, 0.1) is 18.3 Å². The van der Waals surface area contributed by atoms with Crippen LogP contribution in [0.1, 0.15) is 18.9 Å². The zero-order chi connectivity index (χ0) is 22.8. The van der Waals surface area contributed by atoms with Gasteiger partial charge < -0.3 is 14.6 Å². The van der Waals surface area contributed by atoms with Crippen LogP contribution >= 0.6 is 0 Å². The molecule has 168 valence electrons. The van der Waals surface area contributed by atoms with Crippen LogP contribution < -0.4 is 4.74 Å². The third kappa shape index (κ3) is 6.44. The van der Waals surface area contributed by atoms with E-state index in [0.717, 1.165) is 35.5 Å². The quantitative estimate of drug-likeness (QED) is 0.344. The number of aliphatic hydroxyl groups excluding tert-OH is 1. The molecule has 2 aromatic carbocycles. The average molecular weight is 434 g/mol.